The second kappa shape index (κ2) is 10.1. The molecule has 0 radical (unpaired) electrons. The van der Waals surface area contributed by atoms with Crippen molar-refractivity contribution in [1.82, 2.24) is 0 Å². The van der Waals surface area contributed by atoms with Crippen LogP contribution in [-0.2, 0) is 9.53 Å². The highest BCUT2D eigenvalue weighted by molar-refractivity contribution is 7.99. The molecular weight excluding hydrogens is 328 g/mol. The van der Waals surface area contributed by atoms with E-state index in [2.05, 4.69) is 11.3 Å². The van der Waals surface area contributed by atoms with Crippen LogP contribution in [0.4, 0.5) is 0 Å². The van der Waals surface area contributed by atoms with Crippen molar-refractivity contribution in [1.29, 1.82) is 0 Å². The third-order valence-electron chi connectivity index (χ3n) is 2.92. The summed E-state index contributed by atoms with van der Waals surface area (Å²) in [6.07, 6.45) is 0. The van der Waals surface area contributed by atoms with E-state index in [1.807, 2.05) is 62.4 Å². The van der Waals surface area contributed by atoms with Crippen LogP contribution >= 0.6 is 23.4 Å². The number of thioether (sulfide) groups is 1. The first kappa shape index (κ1) is 19.3. The molecule has 0 aliphatic heterocycles. The number of esters is 1. The van der Waals surface area contributed by atoms with Crippen LogP contribution in [0.15, 0.2) is 65.6 Å². The van der Waals surface area contributed by atoms with Crippen molar-refractivity contribution in [2.24, 2.45) is 0 Å². The third-order valence-corrected chi connectivity index (χ3v) is 4.27. The maximum atomic E-state index is 11.3. The number of halogens is 1. The highest BCUT2D eigenvalue weighted by Crippen LogP contribution is 2.26. The summed E-state index contributed by atoms with van der Waals surface area (Å²) < 4.78 is 4.62. The minimum atomic E-state index is -0.361. The number of carbonyl (C=O) groups excluding carboxylic acids is 1. The van der Waals surface area contributed by atoms with E-state index in [9.17, 15) is 4.79 Å². The zero-order valence-electron chi connectivity index (χ0n) is 13.6. The van der Waals surface area contributed by atoms with Crippen LogP contribution < -0.4 is 0 Å². The van der Waals surface area contributed by atoms with Crippen molar-refractivity contribution in [3.63, 3.8) is 0 Å². The molecule has 0 unspecified atom stereocenters. The number of rotatable bonds is 5. The van der Waals surface area contributed by atoms with Gasteiger partial charge >= 0.3 is 5.97 Å². The topological polar surface area (TPSA) is 26.3 Å². The van der Waals surface area contributed by atoms with Gasteiger partial charge in [0.1, 0.15) is 0 Å². The van der Waals surface area contributed by atoms with Gasteiger partial charge in [0.25, 0.3) is 0 Å². The van der Waals surface area contributed by atoms with Crippen molar-refractivity contribution >= 4 is 29.3 Å². The average molecular weight is 349 g/mol. The van der Waals surface area contributed by atoms with E-state index in [4.69, 9.17) is 11.6 Å². The third kappa shape index (κ3) is 6.12. The summed E-state index contributed by atoms with van der Waals surface area (Å²) >= 11 is 7.44. The second-order valence-corrected chi connectivity index (χ2v) is 5.90. The molecule has 0 bridgehead atoms. The van der Waals surface area contributed by atoms with Gasteiger partial charge in [0.05, 0.1) is 7.11 Å². The largest absolute Gasteiger partial charge is 0.466 e. The van der Waals surface area contributed by atoms with E-state index in [1.165, 1.54) is 7.11 Å². The van der Waals surface area contributed by atoms with E-state index in [0.29, 0.717) is 11.3 Å². The zero-order chi connectivity index (χ0) is 17.2. The Morgan fingerprint density at radius 1 is 1.04 bits per heavy atom. The van der Waals surface area contributed by atoms with E-state index >= 15 is 0 Å². The number of carbonyl (C=O) groups is 1. The first-order chi connectivity index (χ1) is 11.1. The fourth-order valence-electron chi connectivity index (χ4n) is 1.76. The zero-order valence-corrected chi connectivity index (χ0v) is 15.2. The van der Waals surface area contributed by atoms with Gasteiger partial charge in [0, 0.05) is 21.2 Å². The summed E-state index contributed by atoms with van der Waals surface area (Å²) in [6.45, 7) is 7.71. The number of methoxy groups -OCH3 is 1. The fourth-order valence-corrected chi connectivity index (χ4v) is 2.67. The number of hydrogen-bond donors (Lipinski definition) is 0. The Morgan fingerprint density at radius 2 is 1.52 bits per heavy atom. The van der Waals surface area contributed by atoms with Crippen molar-refractivity contribution < 1.29 is 9.53 Å². The summed E-state index contributed by atoms with van der Waals surface area (Å²) in [5.74, 6) is 0.160. The Labute approximate surface area is 147 Å². The van der Waals surface area contributed by atoms with E-state index in [1.54, 1.807) is 11.8 Å². The lowest BCUT2D eigenvalue weighted by Gasteiger charge is -2.06. The van der Waals surface area contributed by atoms with Crippen molar-refractivity contribution in [2.75, 3.05) is 12.9 Å². The Bertz CT molecular complexity index is 633. The predicted molar refractivity (Wildman–Crippen MR) is 100 cm³/mol. The number of ether oxygens (including phenoxy) is 1. The molecule has 23 heavy (non-hydrogen) atoms. The van der Waals surface area contributed by atoms with Crippen LogP contribution in [0.3, 0.4) is 0 Å². The van der Waals surface area contributed by atoms with Crippen LogP contribution in [0.5, 0.6) is 0 Å². The van der Waals surface area contributed by atoms with Crippen LogP contribution in [-0.4, -0.2) is 18.8 Å². The lowest BCUT2D eigenvalue weighted by atomic mass is 10.1. The van der Waals surface area contributed by atoms with Gasteiger partial charge in [0.15, 0.2) is 0 Å². The molecule has 0 atom stereocenters. The molecule has 0 N–H and O–H groups in total. The maximum absolute atomic E-state index is 11.3. The molecule has 122 valence electrons. The van der Waals surface area contributed by atoms with Gasteiger partial charge < -0.3 is 4.74 Å². The quantitative estimate of drug-likeness (QED) is 0.385. The SMILES string of the molecule is C=C(CSc1ccc(-c2ccc(Cl)cc2)cc1)C(=O)OC.CC. The summed E-state index contributed by atoms with van der Waals surface area (Å²) in [4.78, 5) is 12.3. The molecule has 0 aliphatic carbocycles. The van der Waals surface area contributed by atoms with Crippen LogP contribution in [0, 0.1) is 0 Å². The highest BCUT2D eigenvalue weighted by atomic mass is 35.5. The molecule has 0 fully saturated rings. The minimum absolute atomic E-state index is 0.361. The van der Waals surface area contributed by atoms with E-state index < -0.39 is 0 Å². The lowest BCUT2D eigenvalue weighted by Crippen LogP contribution is -2.05. The molecular formula is C19H21ClO2S. The summed E-state index contributed by atoms with van der Waals surface area (Å²) in [7, 11) is 1.36. The molecule has 2 nitrogen and oxygen atoms in total. The maximum Gasteiger partial charge on any atom is 0.333 e. The van der Waals surface area contributed by atoms with E-state index in [0.717, 1.165) is 21.0 Å². The molecule has 0 heterocycles. The summed E-state index contributed by atoms with van der Waals surface area (Å²) in [5, 5.41) is 0.729. The molecule has 0 aromatic heterocycles. The number of hydrogen-bond acceptors (Lipinski definition) is 3. The lowest BCUT2D eigenvalue weighted by molar-refractivity contribution is -0.135. The molecule has 0 amide bonds. The van der Waals surface area contributed by atoms with Gasteiger partial charge in [-0.3, -0.25) is 0 Å². The molecule has 2 aromatic carbocycles. The first-order valence-electron chi connectivity index (χ1n) is 7.35. The summed E-state index contributed by atoms with van der Waals surface area (Å²) in [6, 6.07) is 15.9. The molecule has 0 aliphatic rings. The van der Waals surface area contributed by atoms with Crippen molar-refractivity contribution in [3.8, 4) is 11.1 Å². The minimum Gasteiger partial charge on any atom is -0.466 e. The van der Waals surface area contributed by atoms with Crippen molar-refractivity contribution in [3.05, 3.63) is 65.7 Å². The Balaban J connectivity index is 0.00000127. The Hall–Kier alpha value is -1.71. The first-order valence-corrected chi connectivity index (χ1v) is 8.71. The van der Waals surface area contributed by atoms with Gasteiger partial charge in [-0.25, -0.2) is 4.79 Å². The van der Waals surface area contributed by atoms with Crippen LogP contribution in [0.25, 0.3) is 11.1 Å². The molecule has 0 saturated carbocycles. The molecule has 2 aromatic rings. The molecule has 0 spiro atoms. The Kier molecular flexibility index (Phi) is 8.52. The predicted octanol–water partition coefficient (Wildman–Crippen LogP) is 5.85. The average Bonchev–Trinajstić information content (AvgIpc) is 2.62. The van der Waals surface area contributed by atoms with Gasteiger partial charge in [-0.2, -0.15) is 0 Å². The highest BCUT2D eigenvalue weighted by Gasteiger charge is 2.07. The van der Waals surface area contributed by atoms with Gasteiger partial charge in [-0.1, -0.05) is 56.3 Å². The van der Waals surface area contributed by atoms with Crippen LogP contribution in [0.1, 0.15) is 13.8 Å². The van der Waals surface area contributed by atoms with E-state index in [-0.39, 0.29) is 5.97 Å². The Morgan fingerprint density at radius 3 is 2.00 bits per heavy atom. The fraction of sp³-hybridized carbons (Fsp3) is 0.211. The van der Waals surface area contributed by atoms with Gasteiger partial charge in [0.2, 0.25) is 0 Å². The second-order valence-electron chi connectivity index (χ2n) is 4.42. The van der Waals surface area contributed by atoms with Crippen molar-refractivity contribution in [2.45, 2.75) is 18.7 Å². The monoisotopic (exact) mass is 348 g/mol. The smallest absolute Gasteiger partial charge is 0.333 e. The number of benzene rings is 2. The van der Waals surface area contributed by atoms with Gasteiger partial charge in [-0.15, -0.1) is 11.8 Å². The molecule has 0 saturated heterocycles. The normalized spacial score (nSPS) is 9.57. The van der Waals surface area contributed by atoms with Gasteiger partial charge in [-0.05, 0) is 35.4 Å². The molecule has 2 rings (SSSR count). The summed E-state index contributed by atoms with van der Waals surface area (Å²) in [5.41, 5.74) is 2.71. The van der Waals surface area contributed by atoms with Crippen LogP contribution in [0.2, 0.25) is 5.02 Å². The molecule has 4 heteroatoms. The standard InChI is InChI=1S/C17H15ClO2S.C2H6/c1-12(17(19)20-2)11-21-16-9-5-14(6-10-16)13-3-7-15(18)8-4-13;1-2/h3-10H,1,11H2,2H3;1-2H3.